The Morgan fingerprint density at radius 1 is 1.38 bits per heavy atom. The van der Waals surface area contributed by atoms with E-state index in [0.717, 1.165) is 19.7 Å². The summed E-state index contributed by atoms with van der Waals surface area (Å²) in [7, 11) is 0. The van der Waals surface area contributed by atoms with E-state index >= 15 is 0 Å². The molecular weight excluding hydrogens is 200 g/mol. The summed E-state index contributed by atoms with van der Waals surface area (Å²) in [5.74, 6) is 0. The summed E-state index contributed by atoms with van der Waals surface area (Å²) in [5.41, 5.74) is 0. The number of hydrogen-bond acceptors (Lipinski definition) is 3. The monoisotopic (exact) mass is 226 g/mol. The molecule has 3 heteroatoms. The lowest BCUT2D eigenvalue weighted by Crippen LogP contribution is -2.57. The van der Waals surface area contributed by atoms with Gasteiger partial charge in [-0.25, -0.2) is 0 Å². The molecule has 94 valence electrons. The summed E-state index contributed by atoms with van der Waals surface area (Å²) >= 11 is 0. The highest BCUT2D eigenvalue weighted by Crippen LogP contribution is 2.31. The van der Waals surface area contributed by atoms with E-state index in [1.807, 2.05) is 0 Å². The van der Waals surface area contributed by atoms with Gasteiger partial charge in [0.05, 0.1) is 12.7 Å². The smallest absolute Gasteiger partial charge is 0.0731 e. The highest BCUT2D eigenvalue weighted by molar-refractivity contribution is 4.93. The van der Waals surface area contributed by atoms with Crippen LogP contribution < -0.4 is 5.32 Å². The fourth-order valence-corrected chi connectivity index (χ4v) is 3.24. The Labute approximate surface area is 99.5 Å². The molecule has 1 heterocycles. The fraction of sp³-hybridized carbons (Fsp3) is 1.00. The van der Waals surface area contributed by atoms with Crippen LogP contribution in [0, 0.1) is 0 Å². The molecule has 2 fully saturated rings. The Morgan fingerprint density at radius 2 is 2.19 bits per heavy atom. The van der Waals surface area contributed by atoms with E-state index in [1.165, 1.54) is 19.3 Å². The molecule has 16 heavy (non-hydrogen) atoms. The molecule has 1 saturated carbocycles. The molecule has 4 atom stereocenters. The lowest BCUT2D eigenvalue weighted by Gasteiger charge is -2.43. The maximum Gasteiger partial charge on any atom is 0.0731 e. The van der Waals surface area contributed by atoms with Gasteiger partial charge in [0.25, 0.3) is 0 Å². The van der Waals surface area contributed by atoms with Crippen LogP contribution in [-0.2, 0) is 4.74 Å². The Balaban J connectivity index is 1.96. The molecule has 0 aromatic carbocycles. The molecule has 1 aliphatic carbocycles. The third kappa shape index (κ3) is 2.41. The van der Waals surface area contributed by atoms with Crippen molar-refractivity contribution in [2.75, 3.05) is 19.7 Å². The second-order valence-electron chi connectivity index (χ2n) is 5.23. The number of rotatable bonds is 4. The van der Waals surface area contributed by atoms with Crippen LogP contribution in [0.4, 0.5) is 0 Å². The first kappa shape index (κ1) is 12.3. The van der Waals surface area contributed by atoms with Crippen molar-refractivity contribution < 1.29 is 4.74 Å². The maximum absolute atomic E-state index is 5.86. The Kier molecular flexibility index (Phi) is 4.22. The number of fused-ring (bicyclic) bond motifs is 1. The molecule has 0 aromatic heterocycles. The van der Waals surface area contributed by atoms with Crippen molar-refractivity contribution in [3.8, 4) is 0 Å². The molecule has 0 amide bonds. The Morgan fingerprint density at radius 3 is 2.94 bits per heavy atom. The molecule has 0 bridgehead atoms. The second-order valence-corrected chi connectivity index (χ2v) is 5.23. The average Bonchev–Trinajstić information content (AvgIpc) is 2.76. The predicted molar refractivity (Wildman–Crippen MR) is 66.7 cm³/mol. The minimum absolute atomic E-state index is 0.519. The molecule has 3 nitrogen and oxygen atoms in total. The van der Waals surface area contributed by atoms with Crippen molar-refractivity contribution >= 4 is 0 Å². The van der Waals surface area contributed by atoms with Crippen molar-refractivity contribution in [3.05, 3.63) is 0 Å². The van der Waals surface area contributed by atoms with Gasteiger partial charge in [0.2, 0.25) is 0 Å². The lowest BCUT2D eigenvalue weighted by atomic mass is 10.0. The highest BCUT2D eigenvalue weighted by atomic mass is 16.5. The van der Waals surface area contributed by atoms with E-state index in [9.17, 15) is 0 Å². The predicted octanol–water partition coefficient (Wildman–Crippen LogP) is 1.63. The van der Waals surface area contributed by atoms with Gasteiger partial charge in [-0.05, 0) is 39.7 Å². The summed E-state index contributed by atoms with van der Waals surface area (Å²) < 4.78 is 5.86. The zero-order valence-electron chi connectivity index (χ0n) is 10.9. The van der Waals surface area contributed by atoms with E-state index in [-0.39, 0.29) is 0 Å². The van der Waals surface area contributed by atoms with Gasteiger partial charge in [0.1, 0.15) is 0 Å². The summed E-state index contributed by atoms with van der Waals surface area (Å²) in [4.78, 5) is 2.68. The van der Waals surface area contributed by atoms with Gasteiger partial charge in [0, 0.05) is 24.7 Å². The first-order valence-electron chi connectivity index (χ1n) is 6.84. The van der Waals surface area contributed by atoms with Gasteiger partial charge < -0.3 is 10.1 Å². The van der Waals surface area contributed by atoms with Gasteiger partial charge >= 0.3 is 0 Å². The first-order chi connectivity index (χ1) is 7.74. The van der Waals surface area contributed by atoms with E-state index in [0.29, 0.717) is 24.2 Å². The molecule has 2 rings (SSSR count). The number of nitrogens with zero attached hydrogens (tertiary/aromatic N) is 1. The number of hydrogen-bond donors (Lipinski definition) is 1. The van der Waals surface area contributed by atoms with Crippen LogP contribution in [0.1, 0.15) is 40.0 Å². The van der Waals surface area contributed by atoms with Crippen LogP contribution in [0.25, 0.3) is 0 Å². The maximum atomic E-state index is 5.86. The molecule has 4 unspecified atom stereocenters. The number of morpholine rings is 1. The second kappa shape index (κ2) is 5.48. The highest BCUT2D eigenvalue weighted by Gasteiger charge is 2.38. The summed E-state index contributed by atoms with van der Waals surface area (Å²) in [5, 5.41) is 3.54. The minimum Gasteiger partial charge on any atom is -0.375 e. The van der Waals surface area contributed by atoms with Gasteiger partial charge in [-0.2, -0.15) is 0 Å². The van der Waals surface area contributed by atoms with Gasteiger partial charge in [-0.15, -0.1) is 0 Å². The van der Waals surface area contributed by atoms with Crippen molar-refractivity contribution in [3.63, 3.8) is 0 Å². The number of ether oxygens (including phenoxy) is 1. The normalized spacial score (nSPS) is 34.7. The summed E-state index contributed by atoms with van der Waals surface area (Å²) in [6.07, 6.45) is 4.45. The lowest BCUT2D eigenvalue weighted by molar-refractivity contribution is -0.0730. The van der Waals surface area contributed by atoms with Crippen molar-refractivity contribution in [1.82, 2.24) is 10.2 Å². The van der Waals surface area contributed by atoms with E-state index in [2.05, 4.69) is 31.0 Å². The third-order valence-corrected chi connectivity index (χ3v) is 4.30. The van der Waals surface area contributed by atoms with E-state index in [1.54, 1.807) is 0 Å². The summed E-state index contributed by atoms with van der Waals surface area (Å²) in [6, 6.07) is 1.88. The van der Waals surface area contributed by atoms with Crippen molar-refractivity contribution in [1.29, 1.82) is 0 Å². The van der Waals surface area contributed by atoms with Crippen LogP contribution in [0.2, 0.25) is 0 Å². The molecule has 1 aliphatic heterocycles. The van der Waals surface area contributed by atoms with Gasteiger partial charge in [-0.1, -0.05) is 6.92 Å². The van der Waals surface area contributed by atoms with Crippen LogP contribution in [0.5, 0.6) is 0 Å². The standard InChI is InChI=1S/C13H26N2O/c1-4-14-10(2)11(3)15-8-9-16-13-7-5-6-12(13)15/h10-14H,4-9H2,1-3H3. The fourth-order valence-electron chi connectivity index (χ4n) is 3.24. The Hall–Kier alpha value is -0.120. The third-order valence-electron chi connectivity index (χ3n) is 4.30. The molecule has 1 N–H and O–H groups in total. The quantitative estimate of drug-likeness (QED) is 0.788. The largest absolute Gasteiger partial charge is 0.375 e. The van der Waals surface area contributed by atoms with Gasteiger partial charge in [-0.3, -0.25) is 4.90 Å². The van der Waals surface area contributed by atoms with Crippen molar-refractivity contribution in [2.24, 2.45) is 0 Å². The van der Waals surface area contributed by atoms with Gasteiger partial charge in [0.15, 0.2) is 0 Å². The van der Waals surface area contributed by atoms with E-state index in [4.69, 9.17) is 4.74 Å². The first-order valence-corrected chi connectivity index (χ1v) is 6.84. The average molecular weight is 226 g/mol. The summed E-state index contributed by atoms with van der Waals surface area (Å²) in [6.45, 7) is 9.93. The molecular formula is C13H26N2O. The Bertz CT molecular complexity index is 222. The SMILES string of the molecule is CCNC(C)C(C)N1CCOC2CCCC21. The molecule has 1 saturated heterocycles. The van der Waals surface area contributed by atoms with Crippen molar-refractivity contribution in [2.45, 2.75) is 64.3 Å². The van der Waals surface area contributed by atoms with Crippen LogP contribution in [0.3, 0.4) is 0 Å². The molecule has 0 aromatic rings. The minimum atomic E-state index is 0.519. The number of likely N-dealkylation sites (N-methyl/N-ethyl adjacent to an activating group) is 1. The van der Waals surface area contributed by atoms with Crippen LogP contribution >= 0.6 is 0 Å². The zero-order chi connectivity index (χ0) is 11.5. The molecule has 0 spiro atoms. The molecule has 0 radical (unpaired) electrons. The van der Waals surface area contributed by atoms with E-state index < -0.39 is 0 Å². The van der Waals surface area contributed by atoms with Crippen LogP contribution in [-0.4, -0.2) is 48.8 Å². The van der Waals surface area contributed by atoms with Crippen LogP contribution in [0.15, 0.2) is 0 Å². The number of nitrogens with one attached hydrogen (secondary N) is 1. The topological polar surface area (TPSA) is 24.5 Å². The zero-order valence-corrected chi connectivity index (χ0v) is 10.9. The molecule has 2 aliphatic rings.